The molecule has 0 heterocycles. The first-order valence-electron chi connectivity index (χ1n) is 11.5. The lowest BCUT2D eigenvalue weighted by molar-refractivity contribution is -0.120. The van der Waals surface area contributed by atoms with Gasteiger partial charge in [-0.2, -0.15) is 5.10 Å². The van der Waals surface area contributed by atoms with Gasteiger partial charge in [0.05, 0.1) is 37.1 Å². The molecule has 0 unspecified atom stereocenters. The number of amides is 2. The molecule has 37 heavy (non-hydrogen) atoms. The summed E-state index contributed by atoms with van der Waals surface area (Å²) < 4.78 is 17.3. The van der Waals surface area contributed by atoms with Crippen LogP contribution in [-0.2, 0) is 4.79 Å². The molecule has 0 radical (unpaired) electrons. The number of benzene rings is 3. The predicted molar refractivity (Wildman–Crippen MR) is 147 cm³/mol. The highest BCUT2D eigenvalue weighted by atomic mass is 127. The van der Waals surface area contributed by atoms with Gasteiger partial charge in [-0.15, -0.1) is 0 Å². The summed E-state index contributed by atoms with van der Waals surface area (Å²) in [6.07, 6.45) is 1.42. The number of hydrogen-bond acceptors (Lipinski definition) is 7. The van der Waals surface area contributed by atoms with Crippen molar-refractivity contribution in [1.82, 2.24) is 10.7 Å². The molecule has 0 bridgehead atoms. The largest absolute Gasteiger partial charge is 0.494 e. The zero-order valence-corrected chi connectivity index (χ0v) is 22.5. The van der Waals surface area contributed by atoms with Gasteiger partial charge in [0.1, 0.15) is 5.75 Å². The number of halogens is 1. The molecule has 3 rings (SSSR count). The third kappa shape index (κ3) is 8.31. The van der Waals surface area contributed by atoms with Crippen LogP contribution < -0.4 is 25.0 Å². The first kappa shape index (κ1) is 27.7. The topological polar surface area (TPSA) is 115 Å². The minimum absolute atomic E-state index is 0.230. The Bertz CT molecular complexity index is 1280. The Morgan fingerprint density at radius 1 is 0.919 bits per heavy atom. The Hall–Kier alpha value is -3.93. The molecule has 3 aromatic carbocycles. The molecule has 3 aromatic rings. The van der Waals surface area contributed by atoms with Gasteiger partial charge in [0.2, 0.25) is 0 Å². The predicted octanol–water partition coefficient (Wildman–Crippen LogP) is 4.19. The molecule has 0 fully saturated rings. The van der Waals surface area contributed by atoms with E-state index < -0.39 is 11.9 Å². The van der Waals surface area contributed by atoms with Crippen LogP contribution in [0.1, 0.15) is 40.1 Å². The molecule has 0 spiro atoms. The van der Waals surface area contributed by atoms with Gasteiger partial charge < -0.3 is 19.5 Å². The van der Waals surface area contributed by atoms with Gasteiger partial charge in [-0.3, -0.25) is 9.59 Å². The minimum atomic E-state index is -0.537. The number of ether oxygens (including phenoxy) is 3. The maximum Gasteiger partial charge on any atom is 0.343 e. The van der Waals surface area contributed by atoms with E-state index in [1.165, 1.54) is 6.21 Å². The van der Waals surface area contributed by atoms with Crippen LogP contribution in [0.5, 0.6) is 17.2 Å². The van der Waals surface area contributed by atoms with E-state index in [1.54, 1.807) is 54.6 Å². The van der Waals surface area contributed by atoms with E-state index in [0.717, 1.165) is 3.57 Å². The van der Waals surface area contributed by atoms with Crippen molar-refractivity contribution in [1.29, 1.82) is 0 Å². The SMILES string of the molecule is CCOc1ccc(C(=O)Oc2ccc(/C=N\NC(=O)CNC(=O)c3ccccc3I)cc2OCC)cc1. The van der Waals surface area contributed by atoms with Crippen LogP contribution in [-0.4, -0.2) is 43.8 Å². The summed E-state index contributed by atoms with van der Waals surface area (Å²) in [5.41, 5.74) is 3.83. The van der Waals surface area contributed by atoms with Crippen LogP contribution >= 0.6 is 22.6 Å². The van der Waals surface area contributed by atoms with Crippen molar-refractivity contribution < 1.29 is 28.6 Å². The van der Waals surface area contributed by atoms with E-state index in [1.807, 2.05) is 26.0 Å². The Morgan fingerprint density at radius 3 is 2.35 bits per heavy atom. The fourth-order valence-electron chi connectivity index (χ4n) is 3.09. The maximum absolute atomic E-state index is 12.6. The monoisotopic (exact) mass is 615 g/mol. The van der Waals surface area contributed by atoms with Gasteiger partial charge in [-0.1, -0.05) is 12.1 Å². The van der Waals surface area contributed by atoms with Crippen molar-refractivity contribution in [2.45, 2.75) is 13.8 Å². The first-order chi connectivity index (χ1) is 17.9. The molecule has 2 N–H and O–H groups in total. The summed E-state index contributed by atoms with van der Waals surface area (Å²) in [5, 5.41) is 6.48. The zero-order chi connectivity index (χ0) is 26.6. The maximum atomic E-state index is 12.6. The lowest BCUT2D eigenvalue weighted by Crippen LogP contribution is -2.35. The van der Waals surface area contributed by atoms with Gasteiger partial charge in [0.15, 0.2) is 11.5 Å². The Kier molecular flexibility index (Phi) is 10.4. The van der Waals surface area contributed by atoms with Crippen molar-refractivity contribution in [2.75, 3.05) is 19.8 Å². The van der Waals surface area contributed by atoms with Gasteiger partial charge >= 0.3 is 5.97 Å². The van der Waals surface area contributed by atoms with Gasteiger partial charge in [0.25, 0.3) is 11.8 Å². The number of hydrazone groups is 1. The average Bonchev–Trinajstić information content (AvgIpc) is 2.89. The third-order valence-corrected chi connectivity index (χ3v) is 5.74. The number of esters is 1. The molecule has 2 amide bonds. The average molecular weight is 615 g/mol. The van der Waals surface area contributed by atoms with Crippen LogP contribution in [0.3, 0.4) is 0 Å². The van der Waals surface area contributed by atoms with Gasteiger partial charge in [0, 0.05) is 3.57 Å². The highest BCUT2D eigenvalue weighted by Gasteiger charge is 2.14. The van der Waals surface area contributed by atoms with Crippen molar-refractivity contribution in [3.8, 4) is 17.2 Å². The molecule has 0 saturated carbocycles. The van der Waals surface area contributed by atoms with Crippen LogP contribution in [0.2, 0.25) is 0 Å². The molecule has 9 nitrogen and oxygen atoms in total. The number of nitrogens with zero attached hydrogens (tertiary/aromatic N) is 1. The lowest BCUT2D eigenvalue weighted by atomic mass is 10.2. The minimum Gasteiger partial charge on any atom is -0.494 e. The molecule has 0 aliphatic rings. The quantitative estimate of drug-likeness (QED) is 0.110. The number of nitrogens with one attached hydrogen (secondary N) is 2. The summed E-state index contributed by atoms with van der Waals surface area (Å²) in [5.74, 6) is -0.104. The second-order valence-corrected chi connectivity index (χ2v) is 8.60. The molecule has 0 aromatic heterocycles. The van der Waals surface area contributed by atoms with E-state index in [-0.39, 0.29) is 18.2 Å². The summed E-state index contributed by atoms with van der Waals surface area (Å²) >= 11 is 2.06. The lowest BCUT2D eigenvalue weighted by Gasteiger charge is -2.11. The van der Waals surface area contributed by atoms with E-state index in [4.69, 9.17) is 14.2 Å². The smallest absolute Gasteiger partial charge is 0.343 e. The zero-order valence-electron chi connectivity index (χ0n) is 20.3. The normalized spacial score (nSPS) is 10.6. The van der Waals surface area contributed by atoms with Crippen LogP contribution in [0.15, 0.2) is 71.8 Å². The summed E-state index contributed by atoms with van der Waals surface area (Å²) in [4.78, 5) is 36.8. The molecule has 0 atom stereocenters. The fraction of sp³-hybridized carbons (Fsp3) is 0.185. The molecule has 0 saturated heterocycles. The first-order valence-corrected chi connectivity index (χ1v) is 12.6. The molecule has 0 aliphatic carbocycles. The second-order valence-electron chi connectivity index (χ2n) is 7.44. The van der Waals surface area contributed by atoms with Gasteiger partial charge in [-0.05, 0) is 96.6 Å². The van der Waals surface area contributed by atoms with Crippen LogP contribution in [0.25, 0.3) is 0 Å². The summed E-state index contributed by atoms with van der Waals surface area (Å²) in [6, 6.07) is 18.6. The third-order valence-electron chi connectivity index (χ3n) is 4.80. The molecule has 10 heteroatoms. The number of carbonyl (C=O) groups is 3. The van der Waals surface area contributed by atoms with Crippen LogP contribution in [0, 0.1) is 3.57 Å². The van der Waals surface area contributed by atoms with E-state index >= 15 is 0 Å². The number of rotatable bonds is 11. The van der Waals surface area contributed by atoms with Crippen LogP contribution in [0.4, 0.5) is 0 Å². The number of carbonyl (C=O) groups excluding carboxylic acids is 3. The van der Waals surface area contributed by atoms with Crippen molar-refractivity contribution >= 4 is 46.6 Å². The summed E-state index contributed by atoms with van der Waals surface area (Å²) in [6.45, 7) is 4.35. The Labute approximate surface area is 228 Å². The van der Waals surface area contributed by atoms with Crippen molar-refractivity contribution in [3.63, 3.8) is 0 Å². The summed E-state index contributed by atoms with van der Waals surface area (Å²) in [7, 11) is 0. The second kappa shape index (κ2) is 14.0. The molecular weight excluding hydrogens is 589 g/mol. The Balaban J connectivity index is 1.57. The van der Waals surface area contributed by atoms with Gasteiger partial charge in [-0.25, -0.2) is 10.2 Å². The highest BCUT2D eigenvalue weighted by Crippen LogP contribution is 2.29. The number of hydrogen-bond donors (Lipinski definition) is 2. The Morgan fingerprint density at radius 2 is 1.65 bits per heavy atom. The van der Waals surface area contributed by atoms with Crippen molar-refractivity contribution in [2.24, 2.45) is 5.10 Å². The van der Waals surface area contributed by atoms with Crippen molar-refractivity contribution in [3.05, 3.63) is 87.0 Å². The van der Waals surface area contributed by atoms with E-state index in [2.05, 4.69) is 38.4 Å². The fourth-order valence-corrected chi connectivity index (χ4v) is 3.72. The standard InChI is InChI=1S/C27H26IN3O6/c1-3-35-20-12-10-19(11-13-20)27(34)37-23-14-9-18(15-24(23)36-4-2)16-30-31-25(32)17-29-26(33)21-7-5-6-8-22(21)28/h5-16H,3-4,17H2,1-2H3,(H,29,33)(H,31,32)/b30-16-. The molecular formula is C27H26IN3O6. The highest BCUT2D eigenvalue weighted by molar-refractivity contribution is 14.1. The van der Waals surface area contributed by atoms with E-state index in [0.29, 0.717) is 41.4 Å². The van der Waals surface area contributed by atoms with E-state index in [9.17, 15) is 14.4 Å². The molecule has 0 aliphatic heterocycles. The molecule has 192 valence electrons.